The first-order valence-corrected chi connectivity index (χ1v) is 25.8. The van der Waals surface area contributed by atoms with Gasteiger partial charge in [0.2, 0.25) is 0 Å². The van der Waals surface area contributed by atoms with Crippen molar-refractivity contribution in [1.82, 2.24) is 15.0 Å². The van der Waals surface area contributed by atoms with E-state index in [2.05, 4.69) is 42.5 Å². The van der Waals surface area contributed by atoms with Crippen LogP contribution in [-0.2, 0) is 28.2 Å². The molecule has 340 valence electrons. The van der Waals surface area contributed by atoms with Gasteiger partial charge in [0.25, 0.3) is 11.8 Å². The van der Waals surface area contributed by atoms with Crippen molar-refractivity contribution >= 4 is 42.1 Å². The lowest BCUT2D eigenvalue weighted by Gasteiger charge is -2.37. The number of hydrogen-bond donors (Lipinski definition) is 1. The smallest absolute Gasteiger partial charge is 0.266 e. The Kier molecular flexibility index (Phi) is 11.5. The number of hydrogen-bond acceptors (Lipinski definition) is 9. The first-order chi connectivity index (χ1) is 32.5. The third kappa shape index (κ3) is 7.56. The Morgan fingerprint density at radius 3 is 2.21 bits per heavy atom. The number of benzene rings is 6. The highest BCUT2D eigenvalue weighted by molar-refractivity contribution is 6.91. The molecule has 1 aromatic heterocycles. The van der Waals surface area contributed by atoms with Crippen LogP contribution < -0.4 is 29.2 Å². The van der Waals surface area contributed by atoms with Crippen LogP contribution in [0.25, 0.3) is 0 Å². The maximum absolute atomic E-state index is 15.6. The summed E-state index contributed by atoms with van der Waals surface area (Å²) in [5.41, 5.74) is 4.55. The molecule has 5 atom stereocenters. The van der Waals surface area contributed by atoms with Crippen molar-refractivity contribution in [2.45, 2.75) is 62.7 Å². The second-order valence-electron chi connectivity index (χ2n) is 18.1. The first-order valence-electron chi connectivity index (χ1n) is 22.7. The largest absolute Gasteiger partial charge is 0.497 e. The van der Waals surface area contributed by atoms with E-state index >= 15 is 4.79 Å². The minimum absolute atomic E-state index is 0.0104. The molecule has 3 aliphatic rings. The number of ether oxygens (including phenoxy) is 4. The van der Waals surface area contributed by atoms with Gasteiger partial charge in [-0.1, -0.05) is 109 Å². The van der Waals surface area contributed by atoms with E-state index < -0.39 is 13.7 Å². The van der Waals surface area contributed by atoms with Crippen molar-refractivity contribution in [2.24, 2.45) is 5.92 Å². The Balaban J connectivity index is 0.986. The van der Waals surface area contributed by atoms with Gasteiger partial charge in [-0.15, -0.1) is 5.10 Å². The van der Waals surface area contributed by atoms with E-state index in [4.69, 9.17) is 18.9 Å². The Bertz CT molecular complexity index is 2940. The summed E-state index contributed by atoms with van der Waals surface area (Å²) < 4.78 is 26.9. The number of methoxy groups -OCH3 is 2. The van der Waals surface area contributed by atoms with E-state index in [-0.39, 0.29) is 48.4 Å². The van der Waals surface area contributed by atoms with Gasteiger partial charge in [-0.2, -0.15) is 0 Å². The summed E-state index contributed by atoms with van der Waals surface area (Å²) in [5, 5.41) is 20.7. The number of amides is 2. The van der Waals surface area contributed by atoms with Gasteiger partial charge in [0, 0.05) is 29.9 Å². The molecule has 13 heteroatoms. The van der Waals surface area contributed by atoms with Gasteiger partial charge in [-0.25, -0.2) is 0 Å². The van der Waals surface area contributed by atoms with E-state index in [1.165, 1.54) is 5.19 Å². The number of aryl methyl sites for hydroxylation is 1. The highest BCUT2D eigenvalue weighted by Gasteiger charge is 2.66. The van der Waals surface area contributed by atoms with Gasteiger partial charge in [-0.3, -0.25) is 19.2 Å². The van der Waals surface area contributed by atoms with E-state index in [9.17, 15) is 9.90 Å². The molecule has 7 aromatic rings. The van der Waals surface area contributed by atoms with Crippen molar-refractivity contribution < 1.29 is 33.6 Å². The number of nitrogens with zero attached hydrogens (tertiary/aromatic N) is 5. The highest BCUT2D eigenvalue weighted by Crippen LogP contribution is 2.60. The van der Waals surface area contributed by atoms with Crippen molar-refractivity contribution in [3.63, 3.8) is 0 Å². The van der Waals surface area contributed by atoms with Crippen LogP contribution >= 0.6 is 0 Å². The third-order valence-corrected chi connectivity index (χ3v) is 18.5. The topological polar surface area (TPSA) is 128 Å². The fourth-order valence-corrected chi connectivity index (χ4v) is 14.8. The lowest BCUT2D eigenvalue weighted by atomic mass is 9.82. The van der Waals surface area contributed by atoms with Crippen LogP contribution in [-0.4, -0.2) is 66.9 Å². The summed E-state index contributed by atoms with van der Waals surface area (Å²) >= 11 is 0. The number of fused-ring (bicyclic) bond motifs is 4. The van der Waals surface area contributed by atoms with Crippen molar-refractivity contribution in [3.8, 4) is 23.0 Å². The molecule has 1 spiro atoms. The summed E-state index contributed by atoms with van der Waals surface area (Å²) in [5.74, 6) is 1.64. The summed E-state index contributed by atoms with van der Waals surface area (Å²) in [6, 6.07) is 46.6. The number of aliphatic hydroxyl groups is 1. The summed E-state index contributed by atoms with van der Waals surface area (Å²) in [4.78, 5) is 33.4. The van der Waals surface area contributed by atoms with Gasteiger partial charge >= 0.3 is 0 Å². The predicted octanol–water partition coefficient (Wildman–Crippen LogP) is 9.36. The minimum Gasteiger partial charge on any atom is -0.497 e. The fraction of sp³-hybridized carbons (Fsp3) is 0.259. The maximum atomic E-state index is 15.6. The molecular formula is C54H53N5O7Si. The third-order valence-electron chi connectivity index (χ3n) is 14.2. The molecule has 0 radical (unpaired) electrons. The number of aliphatic hydroxyl groups excluding tert-OH is 1. The Hall–Kier alpha value is -7.06. The second-order valence-corrected chi connectivity index (χ2v) is 22.8. The molecule has 0 aliphatic carbocycles. The van der Waals surface area contributed by atoms with E-state index in [1.54, 1.807) is 31.3 Å². The number of carbonyl (C=O) groups is 2. The molecule has 10 rings (SSSR count). The van der Waals surface area contributed by atoms with Crippen LogP contribution in [0.5, 0.6) is 23.0 Å². The summed E-state index contributed by atoms with van der Waals surface area (Å²) in [7, 11) is 0.856. The average molecular weight is 912 g/mol. The quantitative estimate of drug-likeness (QED) is 0.113. The molecule has 3 aliphatic heterocycles. The Morgan fingerprint density at radius 1 is 0.791 bits per heavy atom. The van der Waals surface area contributed by atoms with Crippen LogP contribution in [0, 0.1) is 5.92 Å². The molecule has 0 bridgehead atoms. The molecule has 0 saturated carbocycles. The van der Waals surface area contributed by atoms with E-state index in [0.29, 0.717) is 52.8 Å². The van der Waals surface area contributed by atoms with Gasteiger partial charge in [-0.05, 0) is 89.8 Å². The first kappa shape index (κ1) is 43.8. The molecule has 1 saturated heterocycles. The SMILES string of the molecule is COc1ccc([Si](C)(C)[C@@H]2[C@@H](CCn3cc(C(CO)c4ccccc4)nn3)O[C@]3(C(=O)N(Cc4ccc(N5C(=O)c6ccccc6Oc6ccccc65)cc4)c4ccc(OC)cc43)[C@H]2C)cc1. The van der Waals surface area contributed by atoms with Crippen molar-refractivity contribution in [1.29, 1.82) is 0 Å². The van der Waals surface area contributed by atoms with Crippen molar-refractivity contribution in [2.75, 3.05) is 30.6 Å². The molecule has 1 unspecified atom stereocenters. The number of rotatable bonds is 13. The van der Waals surface area contributed by atoms with Gasteiger partial charge < -0.3 is 29.0 Å². The zero-order chi connectivity index (χ0) is 46.5. The van der Waals surface area contributed by atoms with Crippen molar-refractivity contribution in [3.05, 3.63) is 180 Å². The average Bonchev–Trinajstić information content (AvgIpc) is 3.99. The van der Waals surface area contributed by atoms with Crippen LogP contribution in [0.3, 0.4) is 0 Å². The molecule has 1 fully saturated rings. The number of carbonyl (C=O) groups excluding carboxylic acids is 2. The van der Waals surface area contributed by atoms with E-state index in [0.717, 1.165) is 28.1 Å². The van der Waals surface area contributed by atoms with Crippen LogP contribution in [0.1, 0.15) is 52.0 Å². The van der Waals surface area contributed by atoms with Crippen LogP contribution in [0.15, 0.2) is 152 Å². The second kappa shape index (κ2) is 17.6. The van der Waals surface area contributed by atoms with Gasteiger partial charge in [0.05, 0.1) is 70.1 Å². The summed E-state index contributed by atoms with van der Waals surface area (Å²) in [6.07, 6.45) is 2.15. The number of aromatic nitrogens is 3. The van der Waals surface area contributed by atoms with Crippen LogP contribution in [0.2, 0.25) is 18.6 Å². The minimum atomic E-state index is -2.45. The molecule has 4 heterocycles. The molecule has 1 N–H and O–H groups in total. The molecule has 12 nitrogen and oxygen atoms in total. The summed E-state index contributed by atoms with van der Waals surface area (Å²) in [6.45, 7) is 7.59. The lowest BCUT2D eigenvalue weighted by molar-refractivity contribution is -0.146. The highest BCUT2D eigenvalue weighted by atomic mass is 28.3. The fourth-order valence-electron chi connectivity index (χ4n) is 10.7. The molecular weight excluding hydrogens is 859 g/mol. The zero-order valence-corrected chi connectivity index (χ0v) is 39.2. The molecule has 6 aromatic carbocycles. The standard InChI is InChI=1S/C54H53N5O7Si/c1-35-51(67(4,5)41-26-23-39(63-2)24-27-41)50(29-30-57-33-45(55-56-57)43(34-60)37-13-7-6-8-14-37)66-54(35)44-31-40(64-3)25-28-46(44)58(53(54)62)32-36-19-21-38(22-20-36)59-47-16-10-12-18-49(47)65-48-17-11-9-15-42(48)52(59)61/h6-28,31,33,35,43,50-51,60H,29-30,32,34H2,1-5H3/t35-,43?,50+,51-,54+/m0/s1. The van der Waals surface area contributed by atoms with Crippen LogP contribution in [0.4, 0.5) is 17.1 Å². The van der Waals surface area contributed by atoms with E-state index in [1.807, 2.05) is 137 Å². The monoisotopic (exact) mass is 911 g/mol. The van der Waals surface area contributed by atoms with Gasteiger partial charge in [0.15, 0.2) is 11.4 Å². The normalized spacial score (nSPS) is 20.2. The zero-order valence-electron chi connectivity index (χ0n) is 38.2. The number of anilines is 3. The lowest BCUT2D eigenvalue weighted by Crippen LogP contribution is -2.51. The maximum Gasteiger partial charge on any atom is 0.266 e. The van der Waals surface area contributed by atoms with Gasteiger partial charge in [0.1, 0.15) is 17.2 Å². The number of para-hydroxylation sites is 3. The molecule has 2 amide bonds. The molecule has 67 heavy (non-hydrogen) atoms. The Labute approximate surface area is 391 Å². The predicted molar refractivity (Wildman–Crippen MR) is 260 cm³/mol. The Morgan fingerprint density at radius 2 is 1.48 bits per heavy atom.